The van der Waals surface area contributed by atoms with Gasteiger partial charge in [-0.05, 0) is 13.8 Å². The highest BCUT2D eigenvalue weighted by molar-refractivity contribution is 5.85. The Kier molecular flexibility index (Phi) is 5.33. The SMILES string of the molecule is CCOC(=O)CC1C(=O)NCC[NH+]1Cc1cccc(C)c1. The highest BCUT2D eigenvalue weighted by Gasteiger charge is 2.35. The molecule has 1 aromatic rings. The normalized spacial score (nSPS) is 21.7. The summed E-state index contributed by atoms with van der Waals surface area (Å²) in [4.78, 5) is 24.9. The summed E-state index contributed by atoms with van der Waals surface area (Å²) in [5, 5.41) is 2.84. The zero-order valence-corrected chi connectivity index (χ0v) is 12.6. The highest BCUT2D eigenvalue weighted by Crippen LogP contribution is 2.03. The first kappa shape index (κ1) is 15.5. The predicted molar refractivity (Wildman–Crippen MR) is 78.8 cm³/mol. The molecule has 114 valence electrons. The van der Waals surface area contributed by atoms with Crippen LogP contribution in [-0.4, -0.2) is 37.6 Å². The summed E-state index contributed by atoms with van der Waals surface area (Å²) in [7, 11) is 0. The standard InChI is InChI=1S/C16H22N2O3/c1-3-21-15(19)10-14-16(20)17-7-8-18(14)11-13-6-4-5-12(2)9-13/h4-6,9,14H,3,7-8,10-11H2,1-2H3,(H,17,20)/p+1. The van der Waals surface area contributed by atoms with Gasteiger partial charge in [-0.2, -0.15) is 0 Å². The van der Waals surface area contributed by atoms with Crippen molar-refractivity contribution in [1.29, 1.82) is 0 Å². The number of carbonyl (C=O) groups excluding carboxylic acids is 2. The van der Waals surface area contributed by atoms with Gasteiger partial charge >= 0.3 is 5.97 Å². The zero-order chi connectivity index (χ0) is 15.2. The molecule has 2 atom stereocenters. The molecule has 1 saturated heterocycles. The third kappa shape index (κ3) is 4.29. The molecule has 0 saturated carbocycles. The molecule has 1 aliphatic rings. The summed E-state index contributed by atoms with van der Waals surface area (Å²) < 4.78 is 4.98. The molecule has 2 rings (SSSR count). The Morgan fingerprint density at radius 3 is 3.00 bits per heavy atom. The van der Waals surface area contributed by atoms with Crippen molar-refractivity contribution >= 4 is 11.9 Å². The van der Waals surface area contributed by atoms with E-state index in [2.05, 4.69) is 30.4 Å². The second-order valence-corrected chi connectivity index (χ2v) is 5.43. The van der Waals surface area contributed by atoms with Crippen molar-refractivity contribution in [2.45, 2.75) is 32.9 Å². The van der Waals surface area contributed by atoms with Gasteiger partial charge in [-0.3, -0.25) is 9.59 Å². The Hall–Kier alpha value is -1.88. The van der Waals surface area contributed by atoms with Gasteiger partial charge in [-0.25, -0.2) is 0 Å². The lowest BCUT2D eigenvalue weighted by Crippen LogP contribution is -3.18. The number of quaternary nitrogens is 1. The maximum absolute atomic E-state index is 12.1. The van der Waals surface area contributed by atoms with E-state index in [0.29, 0.717) is 13.2 Å². The van der Waals surface area contributed by atoms with Crippen LogP contribution in [0.25, 0.3) is 0 Å². The van der Waals surface area contributed by atoms with Gasteiger partial charge in [0.05, 0.1) is 19.7 Å². The van der Waals surface area contributed by atoms with Crippen LogP contribution in [0.4, 0.5) is 0 Å². The second-order valence-electron chi connectivity index (χ2n) is 5.43. The molecule has 0 bridgehead atoms. The molecular weight excluding hydrogens is 268 g/mol. The van der Waals surface area contributed by atoms with Gasteiger partial charge in [0.25, 0.3) is 5.91 Å². The summed E-state index contributed by atoms with van der Waals surface area (Å²) >= 11 is 0. The fraction of sp³-hybridized carbons (Fsp3) is 0.500. The third-order valence-electron chi connectivity index (χ3n) is 3.74. The van der Waals surface area contributed by atoms with Crippen LogP contribution in [0.2, 0.25) is 0 Å². The Balaban J connectivity index is 2.07. The summed E-state index contributed by atoms with van der Waals surface area (Å²) in [6.07, 6.45) is 0.140. The smallest absolute Gasteiger partial charge is 0.312 e. The van der Waals surface area contributed by atoms with Crippen molar-refractivity contribution in [3.8, 4) is 0 Å². The van der Waals surface area contributed by atoms with Crippen LogP contribution in [0.15, 0.2) is 24.3 Å². The number of hydrogen-bond acceptors (Lipinski definition) is 3. The molecule has 0 aliphatic carbocycles. The number of rotatable bonds is 5. The van der Waals surface area contributed by atoms with E-state index in [-0.39, 0.29) is 24.3 Å². The number of piperazine rings is 1. The minimum Gasteiger partial charge on any atom is -0.466 e. The monoisotopic (exact) mass is 291 g/mol. The molecule has 5 heteroatoms. The van der Waals surface area contributed by atoms with Gasteiger partial charge < -0.3 is 15.0 Å². The minimum absolute atomic E-state index is 0.0584. The first-order chi connectivity index (χ1) is 10.1. The first-order valence-corrected chi connectivity index (χ1v) is 7.43. The fourth-order valence-electron chi connectivity index (χ4n) is 2.75. The van der Waals surface area contributed by atoms with E-state index in [0.717, 1.165) is 18.0 Å². The van der Waals surface area contributed by atoms with E-state index in [4.69, 9.17) is 4.74 Å². The quantitative estimate of drug-likeness (QED) is 0.741. The van der Waals surface area contributed by atoms with Crippen molar-refractivity contribution < 1.29 is 19.2 Å². The first-order valence-electron chi connectivity index (χ1n) is 7.43. The van der Waals surface area contributed by atoms with E-state index >= 15 is 0 Å². The van der Waals surface area contributed by atoms with Gasteiger partial charge in [0.2, 0.25) is 0 Å². The number of esters is 1. The average molecular weight is 291 g/mol. The van der Waals surface area contributed by atoms with E-state index in [1.165, 1.54) is 11.1 Å². The number of hydrogen-bond donors (Lipinski definition) is 2. The topological polar surface area (TPSA) is 59.8 Å². The van der Waals surface area contributed by atoms with Crippen molar-refractivity contribution in [1.82, 2.24) is 5.32 Å². The van der Waals surface area contributed by atoms with Crippen LogP contribution in [0.3, 0.4) is 0 Å². The third-order valence-corrected chi connectivity index (χ3v) is 3.74. The molecule has 0 spiro atoms. The maximum Gasteiger partial charge on any atom is 0.312 e. The molecule has 0 radical (unpaired) electrons. The summed E-state index contributed by atoms with van der Waals surface area (Å²) in [5.41, 5.74) is 2.39. The van der Waals surface area contributed by atoms with Gasteiger partial charge in [-0.15, -0.1) is 0 Å². The molecule has 21 heavy (non-hydrogen) atoms. The Morgan fingerprint density at radius 2 is 2.29 bits per heavy atom. The van der Waals surface area contributed by atoms with Crippen LogP contribution in [0.1, 0.15) is 24.5 Å². The van der Waals surface area contributed by atoms with Crippen molar-refractivity contribution in [2.24, 2.45) is 0 Å². The Labute approximate surface area is 125 Å². The summed E-state index contributed by atoms with van der Waals surface area (Å²) in [5.74, 6) is -0.363. The molecule has 2 unspecified atom stereocenters. The maximum atomic E-state index is 12.1. The number of nitrogens with one attached hydrogen (secondary N) is 2. The van der Waals surface area contributed by atoms with Crippen molar-refractivity contribution in [3.05, 3.63) is 35.4 Å². The van der Waals surface area contributed by atoms with Crippen molar-refractivity contribution in [3.63, 3.8) is 0 Å². The number of aryl methyl sites for hydroxylation is 1. The predicted octanol–water partition coefficient (Wildman–Crippen LogP) is -0.168. The van der Waals surface area contributed by atoms with Crippen LogP contribution < -0.4 is 10.2 Å². The van der Waals surface area contributed by atoms with E-state index in [1.54, 1.807) is 6.92 Å². The van der Waals surface area contributed by atoms with Crippen LogP contribution in [-0.2, 0) is 20.9 Å². The number of ether oxygens (including phenoxy) is 1. The minimum atomic E-state index is -0.363. The summed E-state index contributed by atoms with van der Waals surface area (Å²) in [6.45, 7) is 6.40. The van der Waals surface area contributed by atoms with Gasteiger partial charge in [-0.1, -0.05) is 29.8 Å². The van der Waals surface area contributed by atoms with Crippen LogP contribution in [0.5, 0.6) is 0 Å². The largest absolute Gasteiger partial charge is 0.466 e. The van der Waals surface area contributed by atoms with E-state index in [9.17, 15) is 9.59 Å². The second kappa shape index (κ2) is 7.22. The van der Waals surface area contributed by atoms with Gasteiger partial charge in [0.15, 0.2) is 6.04 Å². The van der Waals surface area contributed by atoms with E-state index < -0.39 is 0 Å². The fourth-order valence-corrected chi connectivity index (χ4v) is 2.75. The van der Waals surface area contributed by atoms with Gasteiger partial charge in [0, 0.05) is 5.56 Å². The Bertz CT molecular complexity index is 516. The molecule has 1 aliphatic heterocycles. The Morgan fingerprint density at radius 1 is 1.48 bits per heavy atom. The lowest BCUT2D eigenvalue weighted by Gasteiger charge is -2.31. The molecule has 1 fully saturated rings. The van der Waals surface area contributed by atoms with Crippen LogP contribution in [0, 0.1) is 6.92 Å². The number of amides is 1. The molecular formula is C16H23N2O3+. The lowest BCUT2D eigenvalue weighted by molar-refractivity contribution is -0.930. The molecule has 0 aromatic heterocycles. The molecule has 2 N–H and O–H groups in total. The molecule has 1 amide bonds. The molecule has 1 heterocycles. The van der Waals surface area contributed by atoms with Crippen molar-refractivity contribution in [2.75, 3.05) is 19.7 Å². The van der Waals surface area contributed by atoms with E-state index in [1.807, 2.05) is 6.07 Å². The number of carbonyl (C=O) groups is 2. The summed E-state index contributed by atoms with van der Waals surface area (Å²) in [6, 6.07) is 7.90. The van der Waals surface area contributed by atoms with Crippen LogP contribution >= 0.6 is 0 Å². The highest BCUT2D eigenvalue weighted by atomic mass is 16.5. The van der Waals surface area contributed by atoms with Gasteiger partial charge in [0.1, 0.15) is 13.0 Å². The molecule has 1 aromatic carbocycles. The number of benzene rings is 1. The zero-order valence-electron chi connectivity index (χ0n) is 12.6. The lowest BCUT2D eigenvalue weighted by atomic mass is 10.1. The average Bonchev–Trinajstić information content (AvgIpc) is 2.43. The molecule has 5 nitrogen and oxygen atoms in total.